The van der Waals surface area contributed by atoms with Crippen LogP contribution in [0, 0.1) is 0 Å². The van der Waals surface area contributed by atoms with Gasteiger partial charge in [-0.1, -0.05) is 87.4 Å². The second kappa shape index (κ2) is 33.7. The van der Waals surface area contributed by atoms with Crippen LogP contribution in [-0.2, 0) is 46.2 Å². The van der Waals surface area contributed by atoms with E-state index in [1.54, 1.807) is 12.1 Å². The van der Waals surface area contributed by atoms with Crippen molar-refractivity contribution in [2.75, 3.05) is 26.3 Å². The molecule has 2 aromatic rings. The summed E-state index contributed by atoms with van der Waals surface area (Å²) in [5, 5.41) is 21.3. The average Bonchev–Trinajstić information content (AvgIpc) is 3.05. The van der Waals surface area contributed by atoms with Gasteiger partial charge in [0.2, 0.25) is 9.23 Å². The van der Waals surface area contributed by atoms with Crippen LogP contribution in [0.4, 0.5) is 9.59 Å². The van der Waals surface area contributed by atoms with Crippen LogP contribution in [0.1, 0.15) is 50.7 Å². The van der Waals surface area contributed by atoms with Gasteiger partial charge in [0.15, 0.2) is 0 Å². The fraction of sp³-hybridized carbons (Fsp3) is 0.467. The van der Waals surface area contributed by atoms with Crippen LogP contribution in [0.15, 0.2) is 60.7 Å². The highest BCUT2D eigenvalue weighted by molar-refractivity contribution is 8.26. The molecule has 0 aliphatic rings. The van der Waals surface area contributed by atoms with E-state index in [1.807, 2.05) is 55.5 Å². The minimum Gasteiger partial charge on any atom is -0.480 e. The van der Waals surface area contributed by atoms with Gasteiger partial charge in [0.1, 0.15) is 25.3 Å². The zero-order valence-corrected chi connectivity index (χ0v) is 30.0. The first kappa shape index (κ1) is 49.2. The van der Waals surface area contributed by atoms with Crippen molar-refractivity contribution in [1.29, 1.82) is 0 Å². The van der Waals surface area contributed by atoms with Gasteiger partial charge in [-0.3, -0.25) is 0 Å². The Labute approximate surface area is 299 Å². The molecule has 0 radical (unpaired) electrons. The van der Waals surface area contributed by atoms with E-state index in [1.165, 1.54) is 0 Å². The molecule has 0 saturated heterocycles. The summed E-state index contributed by atoms with van der Waals surface area (Å²) in [5.41, 5.74) is 12.3. The van der Waals surface area contributed by atoms with Gasteiger partial charge in [-0.05, 0) is 24.0 Å². The molecule has 48 heavy (non-hydrogen) atoms. The highest BCUT2D eigenvalue weighted by Crippen LogP contribution is 2.02. The van der Waals surface area contributed by atoms with E-state index in [2.05, 4.69) is 38.9 Å². The monoisotopic (exact) mass is 760 g/mol. The van der Waals surface area contributed by atoms with Crippen molar-refractivity contribution in [3.63, 3.8) is 0 Å². The molecule has 0 saturated carbocycles. The van der Waals surface area contributed by atoms with Gasteiger partial charge in [-0.2, -0.15) is 0 Å². The zero-order chi connectivity index (χ0) is 35.9. The molecule has 2 atom stereocenters. The molecule has 0 bridgehead atoms. The number of nitrogens with one attached hydrogen (secondary N) is 2. The fourth-order valence-corrected chi connectivity index (χ4v) is 2.83. The number of aliphatic hydroxyl groups is 1. The number of ether oxygens (including phenoxy) is 3. The number of esters is 1. The number of hydrogen-bond acceptors (Lipinski definition) is 11. The predicted molar refractivity (Wildman–Crippen MR) is 188 cm³/mol. The van der Waals surface area contributed by atoms with Gasteiger partial charge in [0.25, 0.3) is 0 Å². The molecule has 2 aromatic carbocycles. The molecule has 0 heterocycles. The van der Waals surface area contributed by atoms with Gasteiger partial charge >= 0.3 is 24.1 Å². The molecule has 0 spiro atoms. The molecule has 0 aromatic heterocycles. The topological polar surface area (TPSA) is 230 Å². The van der Waals surface area contributed by atoms with E-state index < -0.39 is 45.4 Å². The molecule has 2 amide bonds. The van der Waals surface area contributed by atoms with E-state index in [9.17, 15) is 19.2 Å². The number of aliphatic hydroxyl groups excluding tert-OH is 1. The summed E-state index contributed by atoms with van der Waals surface area (Å²) in [6.07, 6.45) is 2.25. The second-order valence-electron chi connectivity index (χ2n) is 9.11. The van der Waals surface area contributed by atoms with Gasteiger partial charge in [0.05, 0.1) is 6.61 Å². The minimum atomic E-state index is -1.67. The second-order valence-corrected chi connectivity index (χ2v) is 11.6. The number of alkyl carbamates (subject to hydrolysis) is 2. The number of carbonyl (C=O) groups excluding carboxylic acids is 3. The Bertz CT molecular complexity index is 1140. The van der Waals surface area contributed by atoms with E-state index in [-0.39, 0.29) is 38.7 Å². The summed E-state index contributed by atoms with van der Waals surface area (Å²) < 4.78 is 24.0. The van der Waals surface area contributed by atoms with E-state index in [0.717, 1.165) is 36.8 Å². The van der Waals surface area contributed by atoms with Crippen LogP contribution >= 0.6 is 33.8 Å². The molecular weight excluding hydrogens is 715 g/mol. The van der Waals surface area contributed by atoms with E-state index in [4.69, 9.17) is 40.1 Å². The number of aliphatic carboxylic acids is 1. The Balaban J connectivity index is -0.000000669. The Morgan fingerprint density at radius 3 is 1.48 bits per heavy atom. The molecule has 0 aliphatic heterocycles. The van der Waals surface area contributed by atoms with Crippen molar-refractivity contribution in [3.05, 3.63) is 71.8 Å². The van der Waals surface area contributed by atoms with Crippen molar-refractivity contribution in [2.45, 2.75) is 64.8 Å². The molecule has 274 valence electrons. The third kappa shape index (κ3) is 30.2. The van der Waals surface area contributed by atoms with Gasteiger partial charge in [-0.15, -0.1) is 12.4 Å². The highest BCUT2D eigenvalue weighted by Gasteiger charge is 2.21. The van der Waals surface area contributed by atoms with Crippen molar-refractivity contribution >= 4 is 67.1 Å². The molecule has 0 aliphatic carbocycles. The molecule has 0 unspecified atom stereocenters. The molecule has 2 rings (SSSR count). The lowest BCUT2D eigenvalue weighted by molar-refractivity contribution is -0.146. The molecular formula is C30H47Cl3N4O10S. The van der Waals surface area contributed by atoms with Crippen LogP contribution < -0.4 is 22.1 Å². The predicted octanol–water partition coefficient (Wildman–Crippen LogP) is 4.15. The largest absolute Gasteiger partial charge is 0.480 e. The van der Waals surface area contributed by atoms with Gasteiger partial charge < -0.3 is 46.5 Å². The minimum absolute atomic E-state index is 0. The number of carboxylic acids is 1. The highest BCUT2D eigenvalue weighted by atomic mass is 36.0. The quantitative estimate of drug-likeness (QED) is 0.0651. The van der Waals surface area contributed by atoms with Crippen LogP contribution in [0.5, 0.6) is 0 Å². The van der Waals surface area contributed by atoms with Crippen molar-refractivity contribution in [3.8, 4) is 0 Å². The lowest BCUT2D eigenvalue weighted by Crippen LogP contribution is -2.46. The van der Waals surface area contributed by atoms with Crippen molar-refractivity contribution < 1.29 is 47.8 Å². The lowest BCUT2D eigenvalue weighted by atomic mass is 10.2. The number of amides is 2. The Morgan fingerprint density at radius 2 is 1.17 bits per heavy atom. The summed E-state index contributed by atoms with van der Waals surface area (Å²) in [6.45, 7) is 4.71. The molecule has 14 nitrogen and oxygen atoms in total. The van der Waals surface area contributed by atoms with Gasteiger partial charge in [0, 0.05) is 41.1 Å². The summed E-state index contributed by atoms with van der Waals surface area (Å²) in [6, 6.07) is 16.3. The number of hydrogen-bond donors (Lipinski definition) is 6. The number of halogens is 3. The Morgan fingerprint density at radius 1 is 0.771 bits per heavy atom. The maximum Gasteiger partial charge on any atom is 0.408 e. The molecule has 0 fully saturated rings. The van der Waals surface area contributed by atoms with Crippen LogP contribution in [0.25, 0.3) is 0 Å². The molecule has 18 heteroatoms. The maximum atomic E-state index is 11.7. The zero-order valence-electron chi connectivity index (χ0n) is 26.9. The maximum absolute atomic E-state index is 11.7. The molecule has 8 N–H and O–H groups in total. The SMILES string of the molecule is CCCCO.CCCCOC(=O)[C@@H](CN)NC(=O)OCc1ccccc1.Cl.NC[C@@H](NC(=O)OCc1ccccc1)C(=O)O.O=S(Cl)Cl. The summed E-state index contributed by atoms with van der Waals surface area (Å²) in [5.74, 6) is -1.73. The summed E-state index contributed by atoms with van der Waals surface area (Å²) >= 11 is 0. The lowest BCUT2D eigenvalue weighted by Gasteiger charge is -2.15. The van der Waals surface area contributed by atoms with Crippen LogP contribution in [0.2, 0.25) is 0 Å². The van der Waals surface area contributed by atoms with Crippen molar-refractivity contribution in [1.82, 2.24) is 10.6 Å². The van der Waals surface area contributed by atoms with Crippen LogP contribution in [-0.4, -0.2) is 76.9 Å². The first-order valence-corrected chi connectivity index (χ1v) is 17.3. The number of carboxylic acid groups (broad SMARTS) is 1. The van der Waals surface area contributed by atoms with E-state index in [0.29, 0.717) is 13.2 Å². The number of rotatable bonds is 15. The van der Waals surface area contributed by atoms with Crippen molar-refractivity contribution in [2.24, 2.45) is 11.5 Å². The Hall–Kier alpha value is -3.18. The number of benzene rings is 2. The summed E-state index contributed by atoms with van der Waals surface area (Å²) in [7, 11) is 7.36. The summed E-state index contributed by atoms with van der Waals surface area (Å²) in [4.78, 5) is 45.1. The number of unbranched alkanes of at least 4 members (excludes halogenated alkanes) is 2. The van der Waals surface area contributed by atoms with Crippen LogP contribution in [0.3, 0.4) is 0 Å². The van der Waals surface area contributed by atoms with Gasteiger partial charge in [-0.25, -0.2) is 23.4 Å². The van der Waals surface area contributed by atoms with E-state index >= 15 is 0 Å². The Kier molecular flexibility index (Phi) is 34.6. The fourth-order valence-electron chi connectivity index (χ4n) is 2.83. The average molecular weight is 762 g/mol. The first-order chi connectivity index (χ1) is 22.4. The third-order valence-electron chi connectivity index (χ3n) is 5.32. The third-order valence-corrected chi connectivity index (χ3v) is 5.32. The number of carbonyl (C=O) groups is 4. The number of nitrogens with two attached hydrogens (primary N) is 2. The first-order valence-electron chi connectivity index (χ1n) is 14.5. The normalized spacial score (nSPS) is 10.8. The standard InChI is InChI=1S/C15H22N2O4.C11H14N2O4.C4H10O.Cl2OS.ClH/c1-2-3-9-20-14(18)13(10-16)17-15(19)21-11-12-7-5-4-6-8-12;12-6-9(10(14)15)13-11(16)17-7-8-4-2-1-3-5-8;1-2-3-4-5;1-4(2)3;/h4-8,13H,2-3,9-11,16H2,1H3,(H,17,19);1-5,9H,6-7,12H2,(H,13,16)(H,14,15);5H,2-4H2,1H3;;1H/t13-;9-;;;/m11.../s1. The smallest absolute Gasteiger partial charge is 0.408 e.